The minimum Gasteiger partial charge on any atom is -0.280 e. The highest BCUT2D eigenvalue weighted by atomic mass is 35.5. The molecule has 7 heteroatoms. The molecule has 0 saturated carbocycles. The van der Waals surface area contributed by atoms with Gasteiger partial charge in [-0.05, 0) is 54.8 Å². The molecule has 0 bridgehead atoms. The molecule has 0 unspecified atom stereocenters. The first-order chi connectivity index (χ1) is 13.0. The molecule has 0 radical (unpaired) electrons. The first-order valence-corrected chi connectivity index (χ1v) is 9.80. The predicted octanol–water partition coefficient (Wildman–Crippen LogP) is 4.44. The number of thioether (sulfide) groups is 1. The van der Waals surface area contributed by atoms with Crippen molar-refractivity contribution in [2.45, 2.75) is 24.8 Å². The molecule has 0 aliphatic rings. The summed E-state index contributed by atoms with van der Waals surface area (Å²) in [7, 11) is 0. The van der Waals surface area contributed by atoms with E-state index in [1.807, 2.05) is 62.5 Å². The number of aromatic nitrogens is 4. The van der Waals surface area contributed by atoms with Gasteiger partial charge in [0.05, 0.1) is 0 Å². The summed E-state index contributed by atoms with van der Waals surface area (Å²) >= 11 is 7.45. The van der Waals surface area contributed by atoms with E-state index in [4.69, 9.17) is 11.6 Å². The number of fused-ring (bicyclic) bond motifs is 1. The quantitative estimate of drug-likeness (QED) is 0.478. The first kappa shape index (κ1) is 17.8. The van der Waals surface area contributed by atoms with Crippen molar-refractivity contribution in [3.05, 3.63) is 86.9 Å². The van der Waals surface area contributed by atoms with Crippen LogP contribution in [-0.2, 0) is 5.75 Å². The van der Waals surface area contributed by atoms with Crippen LogP contribution in [-0.4, -0.2) is 19.2 Å². The van der Waals surface area contributed by atoms with E-state index in [-0.39, 0.29) is 5.56 Å². The zero-order valence-electron chi connectivity index (χ0n) is 14.9. The first-order valence-electron chi connectivity index (χ1n) is 8.44. The third-order valence-corrected chi connectivity index (χ3v) is 5.76. The monoisotopic (exact) mass is 396 g/mol. The van der Waals surface area contributed by atoms with Crippen LogP contribution in [0.5, 0.6) is 0 Å². The van der Waals surface area contributed by atoms with Gasteiger partial charge in [0.15, 0.2) is 5.16 Å². The van der Waals surface area contributed by atoms with Crippen LogP contribution >= 0.6 is 23.4 Å². The molecule has 0 fully saturated rings. The highest BCUT2D eigenvalue weighted by Crippen LogP contribution is 2.22. The molecule has 27 heavy (non-hydrogen) atoms. The van der Waals surface area contributed by atoms with Crippen molar-refractivity contribution in [2.24, 2.45) is 0 Å². The maximum atomic E-state index is 12.9. The molecule has 0 amide bonds. The summed E-state index contributed by atoms with van der Waals surface area (Å²) in [6.45, 7) is 4.08. The lowest BCUT2D eigenvalue weighted by atomic mass is 10.1. The lowest BCUT2D eigenvalue weighted by molar-refractivity contribution is 0.892. The normalized spacial score (nSPS) is 11.2. The Kier molecular flexibility index (Phi) is 4.76. The van der Waals surface area contributed by atoms with Gasteiger partial charge in [0.25, 0.3) is 0 Å². The minimum atomic E-state index is -0.188. The summed E-state index contributed by atoms with van der Waals surface area (Å²) in [5.41, 5.74) is 4.41. The van der Waals surface area contributed by atoms with Crippen molar-refractivity contribution in [3.8, 4) is 5.69 Å². The summed E-state index contributed by atoms with van der Waals surface area (Å²) < 4.78 is 3.34. The van der Waals surface area contributed by atoms with Crippen LogP contribution in [0.15, 0.2) is 64.8 Å². The van der Waals surface area contributed by atoms with Crippen molar-refractivity contribution in [2.75, 3.05) is 0 Å². The Bertz CT molecular complexity index is 1180. The maximum absolute atomic E-state index is 12.9. The molecule has 136 valence electrons. The van der Waals surface area contributed by atoms with Crippen LogP contribution in [0.2, 0.25) is 5.02 Å². The molecule has 2 aromatic heterocycles. The number of hydrogen-bond acceptors (Lipinski definition) is 4. The second kappa shape index (κ2) is 7.21. The molecule has 4 aromatic rings. The predicted molar refractivity (Wildman–Crippen MR) is 109 cm³/mol. The number of nitrogens with zero attached hydrogens (tertiary/aromatic N) is 4. The fourth-order valence-electron chi connectivity index (χ4n) is 2.77. The van der Waals surface area contributed by atoms with Crippen LogP contribution in [0.4, 0.5) is 0 Å². The van der Waals surface area contributed by atoms with E-state index in [0.29, 0.717) is 15.8 Å². The lowest BCUT2D eigenvalue weighted by Crippen LogP contribution is -2.20. The zero-order chi connectivity index (χ0) is 19.0. The Morgan fingerprint density at radius 3 is 2.52 bits per heavy atom. The number of rotatable bonds is 4. The second-order valence-corrected chi connectivity index (χ2v) is 7.71. The van der Waals surface area contributed by atoms with Gasteiger partial charge in [0.1, 0.15) is 0 Å². The van der Waals surface area contributed by atoms with E-state index in [1.165, 1.54) is 17.3 Å². The largest absolute Gasteiger partial charge is 0.300 e. The molecule has 0 aliphatic heterocycles. The van der Waals surface area contributed by atoms with Crippen LogP contribution in [0.3, 0.4) is 0 Å². The van der Waals surface area contributed by atoms with Gasteiger partial charge >= 0.3 is 5.56 Å². The fraction of sp³-hybridized carbons (Fsp3) is 0.150. The SMILES string of the molecule is Cc1ccc(-n2ccn3c(SCc4ccc(Cl)cc4)nnc3c2=O)cc1C. The molecule has 2 heterocycles. The molecule has 2 aromatic carbocycles. The highest BCUT2D eigenvalue weighted by Gasteiger charge is 2.12. The van der Waals surface area contributed by atoms with Crippen LogP contribution in [0.1, 0.15) is 16.7 Å². The average Bonchev–Trinajstić information content (AvgIpc) is 3.08. The third-order valence-electron chi connectivity index (χ3n) is 4.49. The zero-order valence-corrected chi connectivity index (χ0v) is 16.5. The molecular weight excluding hydrogens is 380 g/mol. The van der Waals surface area contributed by atoms with Crippen molar-refractivity contribution >= 4 is 29.0 Å². The highest BCUT2D eigenvalue weighted by molar-refractivity contribution is 7.98. The van der Waals surface area contributed by atoms with Crippen molar-refractivity contribution in [3.63, 3.8) is 0 Å². The van der Waals surface area contributed by atoms with E-state index in [1.54, 1.807) is 15.2 Å². The maximum Gasteiger partial charge on any atom is 0.300 e. The van der Waals surface area contributed by atoms with E-state index >= 15 is 0 Å². The molecule has 0 spiro atoms. The minimum absolute atomic E-state index is 0.188. The van der Waals surface area contributed by atoms with Crippen LogP contribution in [0, 0.1) is 13.8 Å². The van der Waals surface area contributed by atoms with Gasteiger partial charge in [-0.3, -0.25) is 13.8 Å². The lowest BCUT2D eigenvalue weighted by Gasteiger charge is -2.08. The fourth-order valence-corrected chi connectivity index (χ4v) is 3.77. The van der Waals surface area contributed by atoms with Gasteiger partial charge in [-0.25, -0.2) is 0 Å². The van der Waals surface area contributed by atoms with Gasteiger partial charge in [-0.15, -0.1) is 10.2 Å². The van der Waals surface area contributed by atoms with Gasteiger partial charge in [-0.2, -0.15) is 0 Å². The molecule has 4 rings (SSSR count). The Hall–Kier alpha value is -2.57. The van der Waals surface area contributed by atoms with Crippen LogP contribution in [0.25, 0.3) is 11.3 Å². The Morgan fingerprint density at radius 2 is 1.78 bits per heavy atom. The Labute approximate surface area is 165 Å². The molecule has 5 nitrogen and oxygen atoms in total. The van der Waals surface area contributed by atoms with E-state index in [9.17, 15) is 4.79 Å². The molecule has 0 atom stereocenters. The summed E-state index contributed by atoms with van der Waals surface area (Å²) in [5.74, 6) is 0.720. The van der Waals surface area contributed by atoms with Crippen molar-refractivity contribution < 1.29 is 0 Å². The average molecular weight is 397 g/mol. The topological polar surface area (TPSA) is 52.2 Å². The summed E-state index contributed by atoms with van der Waals surface area (Å²) in [6.07, 6.45) is 3.59. The van der Waals surface area contributed by atoms with Gasteiger partial charge in [0.2, 0.25) is 5.65 Å². The summed E-state index contributed by atoms with van der Waals surface area (Å²) in [4.78, 5) is 12.9. The number of halogens is 1. The van der Waals surface area contributed by atoms with Crippen molar-refractivity contribution in [1.82, 2.24) is 19.2 Å². The number of aryl methyl sites for hydroxylation is 2. The smallest absolute Gasteiger partial charge is 0.280 e. The van der Waals surface area contributed by atoms with E-state index in [0.717, 1.165) is 22.6 Å². The third kappa shape index (κ3) is 3.50. The second-order valence-electron chi connectivity index (χ2n) is 6.33. The summed E-state index contributed by atoms with van der Waals surface area (Å²) in [6, 6.07) is 13.6. The van der Waals surface area contributed by atoms with Gasteiger partial charge < -0.3 is 0 Å². The van der Waals surface area contributed by atoms with E-state index in [2.05, 4.69) is 10.2 Å². The molecule has 0 aliphatic carbocycles. The molecular formula is C20H17ClN4OS. The Balaban J connectivity index is 1.66. The van der Waals surface area contributed by atoms with Gasteiger partial charge in [0, 0.05) is 28.9 Å². The number of benzene rings is 2. The standard InChI is InChI=1S/C20H17ClN4OS/c1-13-3-8-17(11-14(13)2)24-9-10-25-18(19(24)26)22-23-20(25)27-12-15-4-6-16(21)7-5-15/h3-11H,12H2,1-2H3. The molecule has 0 saturated heterocycles. The Morgan fingerprint density at radius 1 is 1.00 bits per heavy atom. The summed E-state index contributed by atoms with van der Waals surface area (Å²) in [5, 5.41) is 9.70. The number of hydrogen-bond donors (Lipinski definition) is 0. The van der Waals surface area contributed by atoms with E-state index < -0.39 is 0 Å². The van der Waals surface area contributed by atoms with Crippen molar-refractivity contribution in [1.29, 1.82) is 0 Å². The van der Waals surface area contributed by atoms with Gasteiger partial charge in [-0.1, -0.05) is 41.6 Å². The van der Waals surface area contributed by atoms with Crippen LogP contribution < -0.4 is 5.56 Å². The molecule has 0 N–H and O–H groups in total.